The van der Waals surface area contributed by atoms with Crippen molar-refractivity contribution in [2.24, 2.45) is 0 Å². The summed E-state index contributed by atoms with van der Waals surface area (Å²) in [5.41, 5.74) is 3.28. The van der Waals surface area contributed by atoms with E-state index in [1.54, 1.807) is 23.1 Å². The molecule has 0 aliphatic carbocycles. The maximum Gasteiger partial charge on any atom is 0.253 e. The summed E-state index contributed by atoms with van der Waals surface area (Å²) in [4.78, 5) is 29.6. The lowest BCUT2D eigenvalue weighted by molar-refractivity contribution is -0.117. The average molecular weight is 499 g/mol. The molecule has 4 rings (SSSR count). The van der Waals surface area contributed by atoms with Gasteiger partial charge in [-0.05, 0) is 56.0 Å². The number of benzene rings is 2. The molecule has 2 aliphatic heterocycles. The number of anilines is 1. The Kier molecular flexibility index (Phi) is 7.88. The van der Waals surface area contributed by atoms with Gasteiger partial charge in [0.15, 0.2) is 0 Å². The molecule has 2 saturated heterocycles. The number of nitrogens with zero attached hydrogens (tertiary/aromatic N) is 3. The lowest BCUT2D eigenvalue weighted by atomic mass is 10.1. The second-order valence-electron chi connectivity index (χ2n) is 9.38. The number of rotatable bonds is 6. The van der Waals surface area contributed by atoms with E-state index in [0.29, 0.717) is 44.8 Å². The summed E-state index contributed by atoms with van der Waals surface area (Å²) in [6, 6.07) is 12.3. The third kappa shape index (κ3) is 5.91. The molecule has 2 heterocycles. The van der Waals surface area contributed by atoms with Crippen LogP contribution in [0.4, 0.5) is 5.69 Å². The molecule has 2 aromatic rings. The van der Waals surface area contributed by atoms with Crippen molar-refractivity contribution >= 4 is 27.5 Å². The zero-order valence-electron chi connectivity index (χ0n) is 20.5. The molecule has 188 valence electrons. The van der Waals surface area contributed by atoms with Gasteiger partial charge in [-0.1, -0.05) is 30.7 Å². The molecule has 2 aromatic carbocycles. The first-order chi connectivity index (χ1) is 16.8. The fraction of sp³-hybridized carbons (Fsp3) is 0.462. The van der Waals surface area contributed by atoms with Crippen LogP contribution in [0.15, 0.2) is 47.4 Å². The SMILES string of the molecule is Cc1cccc(C)c1NC(=O)CN1CCN(C(=O)c2cccc(S(=O)(=O)N3CCCCC3)c2)CC1. The highest BCUT2D eigenvalue weighted by Crippen LogP contribution is 2.22. The van der Waals surface area contributed by atoms with Crippen LogP contribution in [0.2, 0.25) is 0 Å². The molecule has 0 unspecified atom stereocenters. The Labute approximate surface area is 207 Å². The van der Waals surface area contributed by atoms with Crippen LogP contribution in [-0.4, -0.2) is 80.2 Å². The van der Waals surface area contributed by atoms with Crippen LogP contribution in [0.1, 0.15) is 40.7 Å². The molecule has 1 N–H and O–H groups in total. The monoisotopic (exact) mass is 498 g/mol. The third-order valence-corrected chi connectivity index (χ3v) is 8.70. The van der Waals surface area contributed by atoms with Gasteiger partial charge in [0, 0.05) is 50.5 Å². The van der Waals surface area contributed by atoms with Crippen LogP contribution in [-0.2, 0) is 14.8 Å². The predicted molar refractivity (Wildman–Crippen MR) is 136 cm³/mol. The van der Waals surface area contributed by atoms with Crippen LogP contribution in [0.25, 0.3) is 0 Å². The Morgan fingerprint density at radius 2 is 1.49 bits per heavy atom. The smallest absolute Gasteiger partial charge is 0.253 e. The van der Waals surface area contributed by atoms with Crippen LogP contribution >= 0.6 is 0 Å². The number of nitrogens with one attached hydrogen (secondary N) is 1. The van der Waals surface area contributed by atoms with E-state index in [1.807, 2.05) is 36.9 Å². The van der Waals surface area contributed by atoms with Gasteiger partial charge in [-0.15, -0.1) is 0 Å². The maximum atomic E-state index is 13.1. The Morgan fingerprint density at radius 3 is 2.14 bits per heavy atom. The molecule has 2 aliphatic rings. The van der Waals surface area contributed by atoms with Crippen molar-refractivity contribution in [2.75, 3.05) is 51.1 Å². The summed E-state index contributed by atoms with van der Waals surface area (Å²) < 4.78 is 27.5. The zero-order chi connectivity index (χ0) is 25.0. The lowest BCUT2D eigenvalue weighted by Gasteiger charge is -2.34. The van der Waals surface area contributed by atoms with E-state index < -0.39 is 10.0 Å². The normalized spacial score (nSPS) is 17.8. The molecule has 8 nitrogen and oxygen atoms in total. The van der Waals surface area contributed by atoms with E-state index in [9.17, 15) is 18.0 Å². The number of piperidine rings is 1. The van der Waals surface area contributed by atoms with E-state index in [2.05, 4.69) is 5.32 Å². The molecule has 2 fully saturated rings. The van der Waals surface area contributed by atoms with E-state index in [1.165, 1.54) is 10.4 Å². The predicted octanol–water partition coefficient (Wildman–Crippen LogP) is 2.87. The second kappa shape index (κ2) is 10.9. The lowest BCUT2D eigenvalue weighted by Crippen LogP contribution is -2.50. The first-order valence-corrected chi connectivity index (χ1v) is 13.7. The number of sulfonamides is 1. The second-order valence-corrected chi connectivity index (χ2v) is 11.3. The highest BCUT2D eigenvalue weighted by molar-refractivity contribution is 7.89. The Morgan fingerprint density at radius 1 is 0.857 bits per heavy atom. The van der Waals surface area contributed by atoms with Crippen molar-refractivity contribution in [1.82, 2.24) is 14.1 Å². The van der Waals surface area contributed by atoms with Gasteiger partial charge in [0.05, 0.1) is 11.4 Å². The van der Waals surface area contributed by atoms with Crippen molar-refractivity contribution in [3.63, 3.8) is 0 Å². The molecule has 0 atom stereocenters. The van der Waals surface area contributed by atoms with Gasteiger partial charge in [0.2, 0.25) is 15.9 Å². The van der Waals surface area contributed by atoms with Crippen molar-refractivity contribution in [3.8, 4) is 0 Å². The van der Waals surface area contributed by atoms with Crippen molar-refractivity contribution in [2.45, 2.75) is 38.0 Å². The number of amides is 2. The number of piperazine rings is 1. The largest absolute Gasteiger partial charge is 0.336 e. The van der Waals surface area contributed by atoms with Crippen molar-refractivity contribution < 1.29 is 18.0 Å². The van der Waals surface area contributed by atoms with Gasteiger partial charge in [-0.2, -0.15) is 4.31 Å². The summed E-state index contributed by atoms with van der Waals surface area (Å²) in [6.07, 6.45) is 2.78. The van der Waals surface area contributed by atoms with Gasteiger partial charge in [0.1, 0.15) is 0 Å². The van der Waals surface area contributed by atoms with Crippen LogP contribution in [0.3, 0.4) is 0 Å². The first-order valence-electron chi connectivity index (χ1n) is 12.2. The summed E-state index contributed by atoms with van der Waals surface area (Å²) in [7, 11) is -3.59. The van der Waals surface area contributed by atoms with E-state index in [-0.39, 0.29) is 23.3 Å². The third-order valence-electron chi connectivity index (χ3n) is 6.81. The molecule has 0 saturated carbocycles. The summed E-state index contributed by atoms with van der Waals surface area (Å²) >= 11 is 0. The van der Waals surface area contributed by atoms with Crippen LogP contribution < -0.4 is 5.32 Å². The fourth-order valence-electron chi connectivity index (χ4n) is 4.73. The first kappa shape index (κ1) is 25.3. The number of carbonyl (C=O) groups excluding carboxylic acids is 2. The van der Waals surface area contributed by atoms with Crippen molar-refractivity contribution in [1.29, 1.82) is 0 Å². The Balaban J connectivity index is 1.34. The number of carbonyl (C=O) groups is 2. The standard InChI is InChI=1S/C26H34N4O4S/c1-20-8-6-9-21(2)25(20)27-24(31)19-28-14-16-29(17-15-28)26(32)22-10-7-11-23(18-22)35(33,34)30-12-4-3-5-13-30/h6-11,18H,3-5,12-17,19H2,1-2H3,(H,27,31). The van der Waals surface area contributed by atoms with Gasteiger partial charge in [-0.3, -0.25) is 14.5 Å². The number of hydrogen-bond donors (Lipinski definition) is 1. The number of para-hydroxylation sites is 1. The highest BCUT2D eigenvalue weighted by atomic mass is 32.2. The van der Waals surface area contributed by atoms with Gasteiger partial charge in [0.25, 0.3) is 5.91 Å². The fourth-order valence-corrected chi connectivity index (χ4v) is 6.29. The molecule has 0 bridgehead atoms. The Bertz CT molecular complexity index is 1160. The molecule has 0 radical (unpaired) electrons. The zero-order valence-corrected chi connectivity index (χ0v) is 21.3. The van der Waals surface area contributed by atoms with Crippen molar-refractivity contribution in [3.05, 3.63) is 59.2 Å². The molecule has 0 aromatic heterocycles. The molecule has 35 heavy (non-hydrogen) atoms. The molecule has 0 spiro atoms. The van der Waals surface area contributed by atoms with Gasteiger partial charge >= 0.3 is 0 Å². The van der Waals surface area contributed by atoms with Crippen LogP contribution in [0.5, 0.6) is 0 Å². The molecular formula is C26H34N4O4S. The average Bonchev–Trinajstić information content (AvgIpc) is 2.87. The summed E-state index contributed by atoms with van der Waals surface area (Å²) in [5, 5.41) is 3.01. The minimum atomic E-state index is -3.59. The Hall–Kier alpha value is -2.75. The quantitative estimate of drug-likeness (QED) is 0.662. The van der Waals surface area contributed by atoms with Gasteiger partial charge in [-0.25, -0.2) is 8.42 Å². The van der Waals surface area contributed by atoms with Crippen LogP contribution in [0, 0.1) is 13.8 Å². The highest BCUT2D eigenvalue weighted by Gasteiger charge is 2.28. The number of aryl methyl sites for hydroxylation is 2. The van der Waals surface area contributed by atoms with E-state index in [4.69, 9.17) is 0 Å². The molecular weight excluding hydrogens is 464 g/mol. The van der Waals surface area contributed by atoms with E-state index in [0.717, 1.165) is 36.1 Å². The minimum absolute atomic E-state index is 0.0715. The minimum Gasteiger partial charge on any atom is -0.336 e. The topological polar surface area (TPSA) is 90.0 Å². The summed E-state index contributed by atoms with van der Waals surface area (Å²) in [6.45, 7) is 7.39. The maximum absolute atomic E-state index is 13.1. The molecule has 9 heteroatoms. The summed E-state index contributed by atoms with van der Waals surface area (Å²) in [5.74, 6) is -0.252. The number of hydrogen-bond acceptors (Lipinski definition) is 5. The molecule has 2 amide bonds. The van der Waals surface area contributed by atoms with Gasteiger partial charge < -0.3 is 10.2 Å². The van der Waals surface area contributed by atoms with E-state index >= 15 is 0 Å².